The molecule has 7 nitrogen and oxygen atoms in total. The van der Waals surface area contributed by atoms with E-state index in [2.05, 4.69) is 20.5 Å². The molecule has 1 saturated heterocycles. The van der Waals surface area contributed by atoms with Crippen LogP contribution in [0.3, 0.4) is 0 Å². The first-order valence-electron chi connectivity index (χ1n) is 7.66. The molecule has 120 valence electrons. The monoisotopic (exact) mass is 312 g/mol. The van der Waals surface area contributed by atoms with Crippen molar-refractivity contribution < 1.29 is 4.79 Å². The SMILES string of the molecule is CC(=O)N1CCN(c2nncc(Nc3cccc(C)c3)n2)CC1. The molecular weight excluding hydrogens is 292 g/mol. The van der Waals surface area contributed by atoms with Crippen LogP contribution in [0.2, 0.25) is 0 Å². The molecule has 1 fully saturated rings. The molecule has 1 aromatic heterocycles. The number of nitrogens with zero attached hydrogens (tertiary/aromatic N) is 5. The van der Waals surface area contributed by atoms with Gasteiger partial charge >= 0.3 is 0 Å². The zero-order valence-corrected chi connectivity index (χ0v) is 13.4. The summed E-state index contributed by atoms with van der Waals surface area (Å²) in [5.74, 6) is 1.36. The van der Waals surface area contributed by atoms with Crippen molar-refractivity contribution >= 4 is 23.4 Å². The second kappa shape index (κ2) is 6.60. The Morgan fingerprint density at radius 1 is 1.22 bits per heavy atom. The third kappa shape index (κ3) is 3.74. The highest BCUT2D eigenvalue weighted by atomic mass is 16.2. The Morgan fingerprint density at radius 2 is 2.00 bits per heavy atom. The second-order valence-corrected chi connectivity index (χ2v) is 5.63. The molecule has 0 bridgehead atoms. The number of nitrogens with one attached hydrogen (secondary N) is 1. The van der Waals surface area contributed by atoms with Crippen LogP contribution >= 0.6 is 0 Å². The van der Waals surface area contributed by atoms with Crippen molar-refractivity contribution in [2.45, 2.75) is 13.8 Å². The van der Waals surface area contributed by atoms with Gasteiger partial charge in [-0.15, -0.1) is 5.10 Å². The molecule has 0 aliphatic carbocycles. The average Bonchev–Trinajstić information content (AvgIpc) is 2.55. The van der Waals surface area contributed by atoms with Crippen molar-refractivity contribution in [3.8, 4) is 0 Å². The van der Waals surface area contributed by atoms with Crippen LogP contribution in [0, 0.1) is 6.92 Å². The fourth-order valence-corrected chi connectivity index (χ4v) is 2.58. The molecule has 1 amide bonds. The number of hydrogen-bond donors (Lipinski definition) is 1. The van der Waals surface area contributed by atoms with Crippen LogP contribution in [0.1, 0.15) is 12.5 Å². The van der Waals surface area contributed by atoms with E-state index >= 15 is 0 Å². The molecule has 0 unspecified atom stereocenters. The van der Waals surface area contributed by atoms with Crippen LogP contribution < -0.4 is 10.2 Å². The number of aryl methyl sites for hydroxylation is 1. The van der Waals surface area contributed by atoms with Crippen molar-refractivity contribution in [1.29, 1.82) is 0 Å². The number of anilines is 3. The summed E-state index contributed by atoms with van der Waals surface area (Å²) in [6.45, 7) is 6.45. The minimum absolute atomic E-state index is 0.110. The molecule has 1 N–H and O–H groups in total. The van der Waals surface area contributed by atoms with Crippen molar-refractivity contribution in [3.63, 3.8) is 0 Å². The number of carbonyl (C=O) groups excluding carboxylic acids is 1. The van der Waals surface area contributed by atoms with Gasteiger partial charge in [0.2, 0.25) is 11.9 Å². The number of carbonyl (C=O) groups is 1. The van der Waals surface area contributed by atoms with Crippen LogP contribution in [-0.4, -0.2) is 52.2 Å². The van der Waals surface area contributed by atoms with Gasteiger partial charge in [-0.3, -0.25) is 4.79 Å². The van der Waals surface area contributed by atoms with Gasteiger partial charge in [0.25, 0.3) is 0 Å². The molecule has 1 aliphatic rings. The third-order valence-electron chi connectivity index (χ3n) is 3.85. The number of aromatic nitrogens is 3. The molecule has 7 heteroatoms. The zero-order chi connectivity index (χ0) is 16.2. The lowest BCUT2D eigenvalue weighted by atomic mass is 10.2. The zero-order valence-electron chi connectivity index (χ0n) is 13.4. The molecule has 0 atom stereocenters. The summed E-state index contributed by atoms with van der Waals surface area (Å²) < 4.78 is 0. The standard InChI is InChI=1S/C16H20N6O/c1-12-4-3-5-14(10-12)18-15-11-17-20-16(19-15)22-8-6-21(7-9-22)13(2)23/h3-5,10-11H,6-9H2,1-2H3,(H,18,19,20). The van der Waals surface area contributed by atoms with Gasteiger partial charge in [0.15, 0.2) is 5.82 Å². The van der Waals surface area contributed by atoms with Crippen LogP contribution in [0.25, 0.3) is 0 Å². The first kappa shape index (κ1) is 15.2. The largest absolute Gasteiger partial charge is 0.339 e. The summed E-state index contributed by atoms with van der Waals surface area (Å²) in [5, 5.41) is 11.4. The topological polar surface area (TPSA) is 74.2 Å². The van der Waals surface area contributed by atoms with Gasteiger partial charge < -0.3 is 15.1 Å². The van der Waals surface area contributed by atoms with Crippen molar-refractivity contribution in [2.24, 2.45) is 0 Å². The Hall–Kier alpha value is -2.70. The minimum Gasteiger partial charge on any atom is -0.339 e. The van der Waals surface area contributed by atoms with Gasteiger partial charge in [-0.1, -0.05) is 12.1 Å². The molecule has 2 aromatic rings. The maximum absolute atomic E-state index is 11.4. The van der Waals surface area contributed by atoms with E-state index in [1.807, 2.05) is 41.0 Å². The smallest absolute Gasteiger partial charge is 0.247 e. The normalized spacial score (nSPS) is 14.7. The molecule has 0 saturated carbocycles. The summed E-state index contributed by atoms with van der Waals surface area (Å²) in [6, 6.07) is 8.07. The fraction of sp³-hybridized carbons (Fsp3) is 0.375. The molecule has 0 radical (unpaired) electrons. The summed E-state index contributed by atoms with van der Waals surface area (Å²) in [5.41, 5.74) is 2.15. The van der Waals surface area contributed by atoms with Gasteiger partial charge in [0.1, 0.15) is 0 Å². The van der Waals surface area contributed by atoms with Crippen molar-refractivity contribution in [1.82, 2.24) is 20.1 Å². The molecule has 1 aromatic carbocycles. The van der Waals surface area contributed by atoms with Crippen LogP contribution in [0.15, 0.2) is 30.5 Å². The highest BCUT2D eigenvalue weighted by Gasteiger charge is 2.20. The summed E-state index contributed by atoms with van der Waals surface area (Å²) in [7, 11) is 0. The quantitative estimate of drug-likeness (QED) is 0.928. The predicted molar refractivity (Wildman–Crippen MR) is 88.8 cm³/mol. The molecule has 1 aliphatic heterocycles. The maximum atomic E-state index is 11.4. The maximum Gasteiger partial charge on any atom is 0.247 e. The van der Waals surface area contributed by atoms with Gasteiger partial charge in [0, 0.05) is 38.8 Å². The van der Waals surface area contributed by atoms with E-state index < -0.39 is 0 Å². The van der Waals surface area contributed by atoms with Crippen LogP contribution in [0.4, 0.5) is 17.5 Å². The number of rotatable bonds is 3. The molecule has 23 heavy (non-hydrogen) atoms. The van der Waals surface area contributed by atoms with E-state index in [4.69, 9.17) is 0 Å². The van der Waals surface area contributed by atoms with Crippen LogP contribution in [-0.2, 0) is 4.79 Å². The lowest BCUT2D eigenvalue weighted by Gasteiger charge is -2.33. The fourth-order valence-electron chi connectivity index (χ4n) is 2.58. The van der Waals surface area contributed by atoms with Gasteiger partial charge in [-0.05, 0) is 24.6 Å². The Morgan fingerprint density at radius 3 is 2.70 bits per heavy atom. The van der Waals surface area contributed by atoms with Crippen molar-refractivity contribution in [3.05, 3.63) is 36.0 Å². The Bertz CT molecular complexity index is 696. The number of amides is 1. The summed E-state index contributed by atoms with van der Waals surface area (Å²) in [4.78, 5) is 19.8. The highest BCUT2D eigenvalue weighted by molar-refractivity contribution is 5.73. The molecule has 2 heterocycles. The van der Waals surface area contributed by atoms with E-state index in [0.717, 1.165) is 18.8 Å². The summed E-state index contributed by atoms with van der Waals surface area (Å²) >= 11 is 0. The Labute approximate surface area is 135 Å². The Kier molecular flexibility index (Phi) is 4.36. The average molecular weight is 312 g/mol. The van der Waals surface area contributed by atoms with Crippen molar-refractivity contribution in [2.75, 3.05) is 36.4 Å². The first-order valence-corrected chi connectivity index (χ1v) is 7.66. The lowest BCUT2D eigenvalue weighted by Crippen LogP contribution is -2.48. The van der Waals surface area contributed by atoms with E-state index in [0.29, 0.717) is 24.9 Å². The van der Waals surface area contributed by atoms with E-state index in [1.54, 1.807) is 13.1 Å². The van der Waals surface area contributed by atoms with Gasteiger partial charge in [-0.2, -0.15) is 10.1 Å². The van der Waals surface area contributed by atoms with Gasteiger partial charge in [-0.25, -0.2) is 0 Å². The van der Waals surface area contributed by atoms with E-state index in [9.17, 15) is 4.79 Å². The number of benzene rings is 1. The third-order valence-corrected chi connectivity index (χ3v) is 3.85. The number of piperazine rings is 1. The molecular formula is C16H20N6O. The molecule has 3 rings (SSSR count). The molecule has 0 spiro atoms. The summed E-state index contributed by atoms with van der Waals surface area (Å²) in [6.07, 6.45) is 1.61. The van der Waals surface area contributed by atoms with E-state index in [-0.39, 0.29) is 5.91 Å². The second-order valence-electron chi connectivity index (χ2n) is 5.63. The van der Waals surface area contributed by atoms with Gasteiger partial charge in [0.05, 0.1) is 6.20 Å². The van der Waals surface area contributed by atoms with E-state index in [1.165, 1.54) is 5.56 Å². The minimum atomic E-state index is 0.110. The lowest BCUT2D eigenvalue weighted by molar-refractivity contribution is -0.129. The predicted octanol–water partition coefficient (Wildman–Crippen LogP) is 1.59. The van der Waals surface area contributed by atoms with Crippen LogP contribution in [0.5, 0.6) is 0 Å². The Balaban J connectivity index is 1.69. The highest BCUT2D eigenvalue weighted by Crippen LogP contribution is 2.17. The first-order chi connectivity index (χ1) is 11.1. The number of hydrogen-bond acceptors (Lipinski definition) is 6.